The normalized spacial score (nSPS) is 10.5. The van der Waals surface area contributed by atoms with E-state index in [1.807, 2.05) is 13.8 Å². The van der Waals surface area contributed by atoms with E-state index in [-0.39, 0.29) is 5.82 Å². The first-order chi connectivity index (χ1) is 10.6. The molecular formula is C16H21FN4O. The van der Waals surface area contributed by atoms with Gasteiger partial charge in [0.1, 0.15) is 17.3 Å². The highest BCUT2D eigenvalue weighted by Crippen LogP contribution is 2.26. The molecule has 0 atom stereocenters. The molecule has 0 saturated carbocycles. The number of ether oxygens (including phenoxy) is 1. The van der Waals surface area contributed by atoms with Gasteiger partial charge in [0.2, 0.25) is 5.88 Å². The van der Waals surface area contributed by atoms with E-state index in [0.29, 0.717) is 42.8 Å². The van der Waals surface area contributed by atoms with Crippen molar-refractivity contribution in [3.63, 3.8) is 0 Å². The average molecular weight is 304 g/mol. The third kappa shape index (κ3) is 4.07. The zero-order chi connectivity index (χ0) is 15.9. The molecule has 0 aliphatic heterocycles. The molecule has 2 aromatic rings. The number of benzene rings is 1. The monoisotopic (exact) mass is 304 g/mol. The molecule has 0 amide bonds. The Morgan fingerprint density at radius 3 is 2.55 bits per heavy atom. The fourth-order valence-electron chi connectivity index (χ4n) is 1.88. The number of aryl methyl sites for hydroxylation is 1. The van der Waals surface area contributed by atoms with Crippen molar-refractivity contribution in [2.75, 3.05) is 17.7 Å². The van der Waals surface area contributed by atoms with Gasteiger partial charge in [-0.2, -0.15) is 4.98 Å². The molecule has 0 aliphatic rings. The van der Waals surface area contributed by atoms with Crippen LogP contribution in [0.4, 0.5) is 15.9 Å². The Morgan fingerprint density at radius 2 is 1.91 bits per heavy atom. The summed E-state index contributed by atoms with van der Waals surface area (Å²) in [4.78, 5) is 8.70. The molecule has 22 heavy (non-hydrogen) atoms. The third-order valence-electron chi connectivity index (χ3n) is 3.09. The van der Waals surface area contributed by atoms with Crippen LogP contribution >= 0.6 is 0 Å². The van der Waals surface area contributed by atoms with Crippen molar-refractivity contribution >= 4 is 11.5 Å². The minimum absolute atomic E-state index is 0.256. The van der Waals surface area contributed by atoms with Crippen molar-refractivity contribution in [1.29, 1.82) is 0 Å². The Hall–Kier alpha value is -2.37. The van der Waals surface area contributed by atoms with Crippen molar-refractivity contribution in [2.45, 2.75) is 33.2 Å². The first kappa shape index (κ1) is 16.0. The summed E-state index contributed by atoms with van der Waals surface area (Å²) in [6, 6.07) is 6.28. The van der Waals surface area contributed by atoms with Crippen LogP contribution in [0.5, 0.6) is 5.88 Å². The Balaban J connectivity index is 2.16. The lowest BCUT2D eigenvalue weighted by atomic mass is 10.2. The van der Waals surface area contributed by atoms with Gasteiger partial charge in [-0.3, -0.25) is 0 Å². The number of nitrogens with zero attached hydrogens (tertiary/aromatic N) is 2. The van der Waals surface area contributed by atoms with Crippen LogP contribution in [0.1, 0.15) is 31.7 Å². The quantitative estimate of drug-likeness (QED) is 0.822. The van der Waals surface area contributed by atoms with E-state index in [9.17, 15) is 4.39 Å². The molecule has 0 bridgehead atoms. The van der Waals surface area contributed by atoms with Gasteiger partial charge in [-0.1, -0.05) is 26.0 Å². The Labute approximate surface area is 129 Å². The molecule has 2 rings (SSSR count). The number of rotatable bonds is 7. The van der Waals surface area contributed by atoms with E-state index < -0.39 is 0 Å². The second kappa shape index (κ2) is 7.59. The Morgan fingerprint density at radius 1 is 1.18 bits per heavy atom. The van der Waals surface area contributed by atoms with Crippen LogP contribution in [0.15, 0.2) is 24.3 Å². The topological polar surface area (TPSA) is 73.1 Å². The van der Waals surface area contributed by atoms with Crippen molar-refractivity contribution in [3.8, 4) is 5.88 Å². The summed E-state index contributed by atoms with van der Waals surface area (Å²) in [5.74, 6) is 1.37. The maximum Gasteiger partial charge on any atom is 0.242 e. The van der Waals surface area contributed by atoms with Gasteiger partial charge in [0, 0.05) is 13.0 Å². The molecule has 6 heteroatoms. The number of anilines is 2. The van der Waals surface area contributed by atoms with Gasteiger partial charge in [-0.05, 0) is 24.1 Å². The molecule has 0 fully saturated rings. The summed E-state index contributed by atoms with van der Waals surface area (Å²) in [5.41, 5.74) is 7.40. The minimum atomic E-state index is -0.256. The number of halogens is 1. The molecule has 5 nitrogen and oxygen atoms in total. The van der Waals surface area contributed by atoms with Gasteiger partial charge in [0.05, 0.1) is 6.61 Å². The molecule has 0 radical (unpaired) electrons. The molecule has 1 aromatic heterocycles. The smallest absolute Gasteiger partial charge is 0.242 e. The lowest BCUT2D eigenvalue weighted by molar-refractivity contribution is 0.305. The van der Waals surface area contributed by atoms with Crippen molar-refractivity contribution in [1.82, 2.24) is 9.97 Å². The number of aromatic nitrogens is 2. The first-order valence-electron chi connectivity index (χ1n) is 7.41. The predicted octanol–water partition coefficient (Wildman–Crippen LogP) is 3.16. The Kier molecular flexibility index (Phi) is 5.52. The SMILES string of the molecule is CCCOc1nc(CC)nc(NCc2ccc(F)cc2)c1N. The number of hydrogen-bond donors (Lipinski definition) is 2. The van der Waals surface area contributed by atoms with Crippen molar-refractivity contribution in [2.24, 2.45) is 0 Å². The van der Waals surface area contributed by atoms with E-state index in [0.717, 1.165) is 12.0 Å². The zero-order valence-electron chi connectivity index (χ0n) is 12.9. The van der Waals surface area contributed by atoms with Crippen LogP contribution in [0.25, 0.3) is 0 Å². The highest BCUT2D eigenvalue weighted by atomic mass is 19.1. The molecule has 118 valence electrons. The summed E-state index contributed by atoms with van der Waals surface area (Å²) in [5, 5.41) is 3.16. The highest BCUT2D eigenvalue weighted by Gasteiger charge is 2.12. The summed E-state index contributed by atoms with van der Waals surface area (Å²) >= 11 is 0. The lowest BCUT2D eigenvalue weighted by Crippen LogP contribution is -2.11. The first-order valence-corrected chi connectivity index (χ1v) is 7.41. The van der Waals surface area contributed by atoms with E-state index in [2.05, 4.69) is 15.3 Å². The molecule has 1 aromatic carbocycles. The number of hydrogen-bond acceptors (Lipinski definition) is 5. The van der Waals surface area contributed by atoms with E-state index in [1.54, 1.807) is 12.1 Å². The second-order valence-corrected chi connectivity index (χ2v) is 4.89. The number of nitrogens with one attached hydrogen (secondary N) is 1. The van der Waals surface area contributed by atoms with Crippen molar-refractivity contribution in [3.05, 3.63) is 41.5 Å². The van der Waals surface area contributed by atoms with Gasteiger partial charge >= 0.3 is 0 Å². The van der Waals surface area contributed by atoms with Crippen LogP contribution in [0, 0.1) is 5.82 Å². The van der Waals surface area contributed by atoms with Crippen LogP contribution in [-0.4, -0.2) is 16.6 Å². The molecular weight excluding hydrogens is 283 g/mol. The lowest BCUT2D eigenvalue weighted by Gasteiger charge is -2.13. The zero-order valence-corrected chi connectivity index (χ0v) is 12.9. The van der Waals surface area contributed by atoms with Gasteiger partial charge in [-0.15, -0.1) is 0 Å². The minimum Gasteiger partial charge on any atom is -0.476 e. The fourth-order valence-corrected chi connectivity index (χ4v) is 1.88. The third-order valence-corrected chi connectivity index (χ3v) is 3.09. The van der Waals surface area contributed by atoms with E-state index in [1.165, 1.54) is 12.1 Å². The van der Waals surface area contributed by atoms with Gasteiger partial charge in [0.15, 0.2) is 5.82 Å². The van der Waals surface area contributed by atoms with Crippen LogP contribution in [-0.2, 0) is 13.0 Å². The average Bonchev–Trinajstić information content (AvgIpc) is 2.54. The second-order valence-electron chi connectivity index (χ2n) is 4.89. The summed E-state index contributed by atoms with van der Waals surface area (Å²) in [6.45, 7) is 5.05. The summed E-state index contributed by atoms with van der Waals surface area (Å²) in [7, 11) is 0. The van der Waals surface area contributed by atoms with E-state index in [4.69, 9.17) is 10.5 Å². The molecule has 0 saturated heterocycles. The molecule has 0 unspecified atom stereocenters. The maximum absolute atomic E-state index is 12.9. The van der Waals surface area contributed by atoms with E-state index >= 15 is 0 Å². The molecule has 3 N–H and O–H groups in total. The molecule has 0 spiro atoms. The number of nitrogen functional groups attached to an aromatic ring is 1. The molecule has 1 heterocycles. The van der Waals surface area contributed by atoms with Crippen molar-refractivity contribution < 1.29 is 9.13 Å². The highest BCUT2D eigenvalue weighted by molar-refractivity contribution is 5.67. The van der Waals surface area contributed by atoms with Gasteiger partial charge < -0.3 is 15.8 Å². The molecule has 0 aliphatic carbocycles. The summed E-state index contributed by atoms with van der Waals surface area (Å²) in [6.07, 6.45) is 1.57. The summed E-state index contributed by atoms with van der Waals surface area (Å²) < 4.78 is 18.5. The number of nitrogens with two attached hydrogens (primary N) is 1. The standard InChI is InChI=1S/C16H21FN4O/c1-3-9-22-16-14(18)15(20-13(4-2)21-16)19-10-11-5-7-12(17)8-6-11/h5-8H,3-4,9-10,18H2,1-2H3,(H,19,20,21). The van der Waals surface area contributed by atoms with Crippen LogP contribution < -0.4 is 15.8 Å². The van der Waals surface area contributed by atoms with Gasteiger partial charge in [0.25, 0.3) is 0 Å². The van der Waals surface area contributed by atoms with Gasteiger partial charge in [-0.25, -0.2) is 9.37 Å². The fraction of sp³-hybridized carbons (Fsp3) is 0.375. The van der Waals surface area contributed by atoms with Crippen LogP contribution in [0.3, 0.4) is 0 Å². The largest absolute Gasteiger partial charge is 0.476 e. The van der Waals surface area contributed by atoms with Crippen LogP contribution in [0.2, 0.25) is 0 Å². The Bertz CT molecular complexity index is 616. The maximum atomic E-state index is 12.9. The predicted molar refractivity (Wildman–Crippen MR) is 85.3 cm³/mol.